The number of amides is 3. The Hall–Kier alpha value is -3.97. The highest BCUT2D eigenvalue weighted by Crippen LogP contribution is 2.27. The smallest absolute Gasteiger partial charge is 0.261 e. The van der Waals surface area contributed by atoms with E-state index in [1.165, 1.54) is 6.07 Å². The largest absolute Gasteiger partial charge is 0.493 e. The Labute approximate surface area is 263 Å². The van der Waals surface area contributed by atoms with Gasteiger partial charge in [0, 0.05) is 61.4 Å². The van der Waals surface area contributed by atoms with Gasteiger partial charge >= 0.3 is 0 Å². The van der Waals surface area contributed by atoms with Crippen molar-refractivity contribution in [1.82, 2.24) is 20.2 Å². The number of aromatic amines is 1. The molecule has 45 heavy (non-hydrogen) atoms. The number of thioether (sulfide) groups is 1. The summed E-state index contributed by atoms with van der Waals surface area (Å²) in [6.07, 6.45) is 4.11. The molecule has 1 aromatic heterocycles. The van der Waals surface area contributed by atoms with E-state index in [0.717, 1.165) is 38.9 Å². The number of anilines is 1. The summed E-state index contributed by atoms with van der Waals surface area (Å²) < 4.78 is 26.3. The molecule has 0 spiro atoms. The quantitative estimate of drug-likeness (QED) is 0.300. The van der Waals surface area contributed by atoms with Gasteiger partial charge < -0.3 is 24.7 Å². The first-order valence-electron chi connectivity index (χ1n) is 15.4. The van der Waals surface area contributed by atoms with Gasteiger partial charge in [0.25, 0.3) is 11.5 Å². The lowest BCUT2D eigenvalue weighted by Gasteiger charge is -2.32. The average Bonchev–Trinajstić information content (AvgIpc) is 3.04. The summed E-state index contributed by atoms with van der Waals surface area (Å²) >= 11 is 1.72. The number of rotatable bonds is 9. The molecule has 3 fully saturated rings. The molecule has 2 aromatic carbocycles. The second-order valence-corrected chi connectivity index (χ2v) is 13.0. The van der Waals surface area contributed by atoms with E-state index in [4.69, 9.17) is 9.47 Å². The zero-order valence-electron chi connectivity index (χ0n) is 24.8. The lowest BCUT2D eigenvalue weighted by Crippen LogP contribution is -2.47. The van der Waals surface area contributed by atoms with Crippen LogP contribution in [0.4, 0.5) is 10.1 Å². The van der Waals surface area contributed by atoms with Crippen LogP contribution in [0.2, 0.25) is 0 Å². The molecule has 0 saturated carbocycles. The summed E-state index contributed by atoms with van der Waals surface area (Å²) in [6, 6.07) is 9.34. The van der Waals surface area contributed by atoms with E-state index in [1.807, 2.05) is 4.90 Å². The molecule has 1 unspecified atom stereocenters. The number of benzene rings is 2. The maximum atomic E-state index is 14.9. The highest BCUT2D eigenvalue weighted by atomic mass is 32.2. The Balaban J connectivity index is 0.998. The number of nitrogens with zero attached hydrogens (tertiary/aromatic N) is 2. The number of hydrogen-bond donors (Lipinski definition) is 3. The number of carbonyl (C=O) groups excluding carboxylic acids is 3. The maximum Gasteiger partial charge on any atom is 0.261 e. The Kier molecular flexibility index (Phi) is 9.64. The standard InChI is InChI=1S/C32H36FN5O6S/c33-24-15-22(16-26-29(24)31(41)36-27(35-26)18-45-23-9-13-43-14-10-23)44-17-19-7-11-38(12-8-19)32(42)20-1-3-21(4-2-20)34-25-5-6-28(39)37-30(25)40/h1-4,15-16,19,23,25,34H,5-14,17-18H2,(H,35,36,41)(H,37,39,40). The van der Waals surface area contributed by atoms with Crippen molar-refractivity contribution in [2.75, 3.05) is 38.2 Å². The van der Waals surface area contributed by atoms with Gasteiger partial charge in [-0.15, -0.1) is 0 Å². The highest BCUT2D eigenvalue weighted by molar-refractivity contribution is 7.99. The minimum Gasteiger partial charge on any atom is -0.493 e. The van der Waals surface area contributed by atoms with Crippen molar-refractivity contribution in [3.8, 4) is 5.75 Å². The van der Waals surface area contributed by atoms with E-state index in [9.17, 15) is 23.6 Å². The van der Waals surface area contributed by atoms with Crippen molar-refractivity contribution >= 4 is 46.1 Å². The van der Waals surface area contributed by atoms with E-state index >= 15 is 0 Å². The van der Waals surface area contributed by atoms with Crippen LogP contribution in [-0.2, 0) is 20.1 Å². The molecule has 3 N–H and O–H groups in total. The zero-order chi connectivity index (χ0) is 31.3. The third-order valence-electron chi connectivity index (χ3n) is 8.51. The number of carbonyl (C=O) groups is 3. The molecule has 1 atom stereocenters. The average molecular weight is 638 g/mol. The lowest BCUT2D eigenvalue weighted by molar-refractivity contribution is -0.133. The van der Waals surface area contributed by atoms with Gasteiger partial charge in [0.2, 0.25) is 11.8 Å². The van der Waals surface area contributed by atoms with Gasteiger partial charge in [0.15, 0.2) is 0 Å². The molecule has 3 aromatic rings. The Bertz CT molecular complexity index is 1620. The van der Waals surface area contributed by atoms with Crippen LogP contribution in [0, 0.1) is 11.7 Å². The Morgan fingerprint density at radius 3 is 2.56 bits per heavy atom. The van der Waals surface area contributed by atoms with Crippen molar-refractivity contribution in [3.63, 3.8) is 0 Å². The third-order valence-corrected chi connectivity index (χ3v) is 9.89. The summed E-state index contributed by atoms with van der Waals surface area (Å²) in [5.74, 6) is 0.204. The third kappa shape index (κ3) is 7.64. The minimum absolute atomic E-state index is 0.0689. The van der Waals surface area contributed by atoms with Crippen molar-refractivity contribution in [2.45, 2.75) is 55.6 Å². The fraction of sp³-hybridized carbons (Fsp3) is 0.469. The van der Waals surface area contributed by atoms with E-state index < -0.39 is 17.4 Å². The normalized spacial score (nSPS) is 19.8. The summed E-state index contributed by atoms with van der Waals surface area (Å²) in [5.41, 5.74) is 1.03. The molecule has 4 heterocycles. The van der Waals surface area contributed by atoms with Crippen LogP contribution in [-0.4, -0.2) is 76.8 Å². The van der Waals surface area contributed by atoms with Gasteiger partial charge in [-0.1, -0.05) is 0 Å². The van der Waals surface area contributed by atoms with Gasteiger partial charge in [0.05, 0.1) is 17.9 Å². The van der Waals surface area contributed by atoms with E-state index in [0.29, 0.717) is 59.9 Å². The summed E-state index contributed by atoms with van der Waals surface area (Å²) in [4.78, 5) is 58.2. The molecule has 3 saturated heterocycles. The lowest BCUT2D eigenvalue weighted by atomic mass is 9.97. The molecule has 0 aliphatic carbocycles. The molecule has 3 amide bonds. The molecule has 0 bridgehead atoms. The summed E-state index contributed by atoms with van der Waals surface area (Å²) in [5, 5.41) is 5.81. The van der Waals surface area contributed by atoms with Crippen LogP contribution >= 0.6 is 11.8 Å². The molecule has 13 heteroatoms. The first-order chi connectivity index (χ1) is 21.8. The van der Waals surface area contributed by atoms with E-state index in [-0.39, 0.29) is 41.0 Å². The number of hydrogen-bond acceptors (Lipinski definition) is 9. The second kappa shape index (κ2) is 14.0. The first kappa shape index (κ1) is 31.0. The summed E-state index contributed by atoms with van der Waals surface area (Å²) in [7, 11) is 0. The van der Waals surface area contributed by atoms with Crippen LogP contribution in [0.3, 0.4) is 0 Å². The number of aromatic nitrogens is 2. The topological polar surface area (TPSA) is 143 Å². The fourth-order valence-corrected chi connectivity index (χ4v) is 6.94. The molecular formula is C32H36FN5O6S. The van der Waals surface area contributed by atoms with Crippen LogP contribution < -0.4 is 20.9 Å². The highest BCUT2D eigenvalue weighted by Gasteiger charge is 2.27. The number of fused-ring (bicyclic) bond motifs is 1. The first-order valence-corrected chi connectivity index (χ1v) is 16.4. The second-order valence-electron chi connectivity index (χ2n) is 11.7. The molecule has 6 rings (SSSR count). The van der Waals surface area contributed by atoms with Crippen LogP contribution in [0.15, 0.2) is 41.2 Å². The molecular weight excluding hydrogens is 601 g/mol. The van der Waals surface area contributed by atoms with Gasteiger partial charge in [0.1, 0.15) is 28.8 Å². The van der Waals surface area contributed by atoms with Crippen molar-refractivity contribution in [3.05, 3.63) is 64.0 Å². The molecule has 3 aliphatic heterocycles. The fourth-order valence-electron chi connectivity index (χ4n) is 5.88. The molecule has 3 aliphatic rings. The predicted octanol–water partition coefficient (Wildman–Crippen LogP) is 3.62. The zero-order valence-corrected chi connectivity index (χ0v) is 25.6. The Morgan fingerprint density at radius 1 is 1.07 bits per heavy atom. The van der Waals surface area contributed by atoms with E-state index in [2.05, 4.69) is 20.6 Å². The van der Waals surface area contributed by atoms with Crippen molar-refractivity contribution in [1.29, 1.82) is 0 Å². The van der Waals surface area contributed by atoms with Crippen molar-refractivity contribution < 1.29 is 28.2 Å². The predicted molar refractivity (Wildman–Crippen MR) is 168 cm³/mol. The maximum absolute atomic E-state index is 14.9. The van der Waals surface area contributed by atoms with Crippen molar-refractivity contribution in [2.24, 2.45) is 5.92 Å². The summed E-state index contributed by atoms with van der Waals surface area (Å²) in [6.45, 7) is 2.98. The molecule has 0 radical (unpaired) electrons. The number of halogens is 1. The molecule has 238 valence electrons. The van der Waals surface area contributed by atoms with Crippen LogP contribution in [0.1, 0.15) is 54.7 Å². The van der Waals surface area contributed by atoms with Gasteiger partial charge in [-0.2, -0.15) is 11.8 Å². The molecule has 11 nitrogen and oxygen atoms in total. The SMILES string of the molecule is O=C1CCC(Nc2ccc(C(=O)N3CCC(COc4cc(F)c5c(=O)[nH]c(CSC6CCOCC6)nc5c4)CC3)cc2)C(=O)N1. The number of nitrogens with one attached hydrogen (secondary N) is 3. The van der Waals surface area contributed by atoms with Gasteiger partial charge in [-0.05, 0) is 62.3 Å². The van der Waals surface area contributed by atoms with Gasteiger partial charge in [-0.3, -0.25) is 24.5 Å². The van der Waals surface area contributed by atoms with Crippen LogP contribution in [0.25, 0.3) is 10.9 Å². The minimum atomic E-state index is -0.668. The van der Waals surface area contributed by atoms with Crippen LogP contribution in [0.5, 0.6) is 5.75 Å². The number of piperidine rings is 2. The number of likely N-dealkylation sites (tertiary alicyclic amines) is 1. The van der Waals surface area contributed by atoms with Gasteiger partial charge in [-0.25, -0.2) is 9.37 Å². The number of ether oxygens (including phenoxy) is 2. The van der Waals surface area contributed by atoms with E-state index in [1.54, 1.807) is 42.1 Å². The monoisotopic (exact) mass is 637 g/mol. The Morgan fingerprint density at radius 2 is 1.82 bits per heavy atom. The number of imide groups is 1. The number of H-pyrrole nitrogens is 1.